The second-order valence-electron chi connectivity index (χ2n) is 4.16. The third kappa shape index (κ3) is 2.46. The van der Waals surface area contributed by atoms with Gasteiger partial charge in [0.25, 0.3) is 0 Å². The Morgan fingerprint density at radius 2 is 2.11 bits per heavy atom. The van der Waals surface area contributed by atoms with E-state index < -0.39 is 24.0 Å². The number of nitrogens with one attached hydrogen (secondary N) is 1. The van der Waals surface area contributed by atoms with Crippen molar-refractivity contribution in [2.45, 2.75) is 18.1 Å². The highest BCUT2D eigenvalue weighted by Crippen LogP contribution is 2.46. The molecule has 5 nitrogen and oxygen atoms in total. The van der Waals surface area contributed by atoms with Crippen molar-refractivity contribution in [1.29, 1.82) is 0 Å². The summed E-state index contributed by atoms with van der Waals surface area (Å²) in [6.45, 7) is 0. The maximum absolute atomic E-state index is 14.9. The van der Waals surface area contributed by atoms with Crippen LogP contribution >= 0.6 is 12.4 Å². The predicted octanol–water partition coefficient (Wildman–Crippen LogP) is 0.617. The Kier molecular flexibility index (Phi) is 4.32. The van der Waals surface area contributed by atoms with Crippen LogP contribution in [0.25, 0.3) is 0 Å². The van der Waals surface area contributed by atoms with Crippen LogP contribution in [0, 0.1) is 0 Å². The van der Waals surface area contributed by atoms with E-state index in [4.69, 9.17) is 11.5 Å². The number of para-hydroxylation sites is 1. The minimum Gasteiger partial charge on any atom is -0.368 e. The zero-order chi connectivity index (χ0) is 13.3. The number of allylic oxidation sites excluding steroid dienone is 1. The predicted molar refractivity (Wildman–Crippen MR) is 71.1 cm³/mol. The summed E-state index contributed by atoms with van der Waals surface area (Å²) in [5.41, 5.74) is 8.80. The number of amides is 1. The molecule has 2 rings (SSSR count). The van der Waals surface area contributed by atoms with Gasteiger partial charge < -0.3 is 16.8 Å². The van der Waals surface area contributed by atoms with E-state index in [-0.39, 0.29) is 23.7 Å². The number of hydrogen-bond acceptors (Lipinski definition) is 4. The number of halogens is 2. The number of hydrogen-bond donors (Lipinski definition) is 3. The van der Waals surface area contributed by atoms with Crippen molar-refractivity contribution in [3.05, 3.63) is 35.5 Å². The Balaban J connectivity index is 0.00000180. The van der Waals surface area contributed by atoms with Crippen LogP contribution in [-0.2, 0) is 15.3 Å². The molecular weight excluding hydrogens is 273 g/mol. The van der Waals surface area contributed by atoms with Crippen LogP contribution in [0.5, 0.6) is 0 Å². The lowest BCUT2D eigenvalue weighted by Crippen LogP contribution is -2.41. The Hall–Kier alpha value is -1.88. The minimum atomic E-state index is -2.15. The molecule has 0 aromatic heterocycles. The maximum Gasteiger partial charge on any atom is 0.234 e. The molecule has 2 atom stereocenters. The van der Waals surface area contributed by atoms with Crippen molar-refractivity contribution in [2.75, 3.05) is 5.32 Å². The molecule has 19 heavy (non-hydrogen) atoms. The summed E-state index contributed by atoms with van der Waals surface area (Å²) in [7, 11) is 0. The molecule has 0 saturated carbocycles. The fraction of sp³-hybridized carbons (Fsp3) is 0.250. The van der Waals surface area contributed by atoms with Gasteiger partial charge in [-0.25, -0.2) is 9.18 Å². The first kappa shape index (κ1) is 15.2. The van der Waals surface area contributed by atoms with Crippen LogP contribution in [0.1, 0.15) is 12.0 Å². The molecule has 5 N–H and O–H groups in total. The van der Waals surface area contributed by atoms with Gasteiger partial charge in [0.05, 0.1) is 6.04 Å². The quantitative estimate of drug-likeness (QED) is 0.709. The van der Waals surface area contributed by atoms with Crippen LogP contribution in [0.15, 0.2) is 30.0 Å². The smallest absolute Gasteiger partial charge is 0.234 e. The molecule has 0 fully saturated rings. The molecule has 0 bridgehead atoms. The summed E-state index contributed by atoms with van der Waals surface area (Å²) in [4.78, 5) is 21.8. The first-order valence-corrected chi connectivity index (χ1v) is 5.35. The van der Waals surface area contributed by atoms with Crippen molar-refractivity contribution in [2.24, 2.45) is 11.5 Å². The molecule has 1 aliphatic rings. The van der Waals surface area contributed by atoms with E-state index in [1.54, 1.807) is 18.2 Å². The van der Waals surface area contributed by atoms with Crippen LogP contribution in [0.2, 0.25) is 0 Å². The number of carbonyl (C=O) groups excluding carboxylic acids is 2. The number of rotatable bonds is 3. The fourth-order valence-corrected chi connectivity index (χ4v) is 2.03. The number of fused-ring (bicyclic) bond motifs is 1. The van der Waals surface area contributed by atoms with Crippen molar-refractivity contribution in [3.63, 3.8) is 0 Å². The number of carbonyl (C=O) groups is 1. The molecule has 1 unspecified atom stereocenters. The van der Waals surface area contributed by atoms with Gasteiger partial charge in [0.2, 0.25) is 5.91 Å². The maximum atomic E-state index is 14.9. The van der Waals surface area contributed by atoms with Gasteiger partial charge in [-0.2, -0.15) is 0 Å². The molecule has 0 aliphatic carbocycles. The van der Waals surface area contributed by atoms with Crippen molar-refractivity contribution in [1.82, 2.24) is 0 Å². The van der Waals surface area contributed by atoms with Crippen LogP contribution in [0.4, 0.5) is 10.1 Å². The molecule has 1 amide bonds. The summed E-state index contributed by atoms with van der Waals surface area (Å²) in [6.07, 6.45) is -0.392. The first-order valence-electron chi connectivity index (χ1n) is 5.35. The zero-order valence-electron chi connectivity index (χ0n) is 9.85. The van der Waals surface area contributed by atoms with E-state index in [0.717, 1.165) is 0 Å². The number of primary amides is 1. The van der Waals surface area contributed by atoms with Gasteiger partial charge >= 0.3 is 0 Å². The molecule has 0 saturated heterocycles. The lowest BCUT2D eigenvalue weighted by Gasteiger charge is -2.22. The molecule has 0 spiro atoms. The zero-order valence-corrected chi connectivity index (χ0v) is 10.7. The summed E-state index contributed by atoms with van der Waals surface area (Å²) >= 11 is 0. The van der Waals surface area contributed by atoms with Gasteiger partial charge in [0.15, 0.2) is 5.67 Å². The second kappa shape index (κ2) is 5.40. The highest BCUT2D eigenvalue weighted by molar-refractivity contribution is 5.85. The standard InChI is InChI=1S/C12H12FN3O2.ClH/c13-12(5-8(14)11(15)18)7-3-1-2-4-9(7)16-10(12)6-17;/h1-4,8,16H,5,14H2,(H2,15,18);1H/t8-,12?;/m0./s1. The third-order valence-electron chi connectivity index (χ3n) is 2.98. The molecule has 7 heteroatoms. The molecule has 1 aliphatic heterocycles. The number of benzene rings is 1. The van der Waals surface area contributed by atoms with E-state index in [9.17, 15) is 14.0 Å². The van der Waals surface area contributed by atoms with E-state index in [2.05, 4.69) is 5.32 Å². The van der Waals surface area contributed by atoms with Crippen molar-refractivity contribution < 1.29 is 14.0 Å². The number of nitrogens with two attached hydrogens (primary N) is 2. The van der Waals surface area contributed by atoms with E-state index >= 15 is 0 Å². The highest BCUT2D eigenvalue weighted by Gasteiger charge is 2.46. The number of alkyl halides is 1. The normalized spacial score (nSPS) is 21.7. The summed E-state index contributed by atoms with van der Waals surface area (Å²) in [5, 5.41) is 2.63. The van der Waals surface area contributed by atoms with E-state index in [0.29, 0.717) is 5.69 Å². The molecule has 102 valence electrons. The van der Waals surface area contributed by atoms with Crippen molar-refractivity contribution in [3.8, 4) is 0 Å². The second-order valence-corrected chi connectivity index (χ2v) is 4.16. The Bertz CT molecular complexity index is 560. The Morgan fingerprint density at radius 3 is 2.68 bits per heavy atom. The third-order valence-corrected chi connectivity index (χ3v) is 2.98. The number of anilines is 1. The first-order chi connectivity index (χ1) is 8.49. The average molecular weight is 286 g/mol. The molecule has 0 radical (unpaired) electrons. The van der Waals surface area contributed by atoms with E-state index in [1.165, 1.54) is 12.0 Å². The minimum absolute atomic E-state index is 0. The van der Waals surface area contributed by atoms with Gasteiger partial charge in [-0.3, -0.25) is 4.79 Å². The summed E-state index contributed by atoms with van der Waals surface area (Å²) < 4.78 is 14.9. The Morgan fingerprint density at radius 1 is 1.47 bits per heavy atom. The van der Waals surface area contributed by atoms with Gasteiger partial charge in [-0.15, -0.1) is 12.4 Å². The molecule has 1 heterocycles. The lowest BCUT2D eigenvalue weighted by atomic mass is 9.89. The van der Waals surface area contributed by atoms with Crippen LogP contribution < -0.4 is 16.8 Å². The molecule has 1 aromatic rings. The van der Waals surface area contributed by atoms with E-state index in [1.807, 2.05) is 0 Å². The van der Waals surface area contributed by atoms with Gasteiger partial charge in [0.1, 0.15) is 11.6 Å². The monoisotopic (exact) mass is 285 g/mol. The largest absolute Gasteiger partial charge is 0.368 e. The lowest BCUT2D eigenvalue weighted by molar-refractivity contribution is -0.120. The molecular formula is C12H13ClFN3O2. The Labute approximate surface area is 115 Å². The van der Waals surface area contributed by atoms with Crippen LogP contribution in [0.3, 0.4) is 0 Å². The summed E-state index contributed by atoms with van der Waals surface area (Å²) in [6, 6.07) is 5.32. The fourth-order valence-electron chi connectivity index (χ4n) is 2.03. The highest BCUT2D eigenvalue weighted by atomic mass is 35.5. The van der Waals surface area contributed by atoms with Gasteiger partial charge in [-0.1, -0.05) is 18.2 Å². The van der Waals surface area contributed by atoms with Gasteiger partial charge in [0, 0.05) is 17.7 Å². The average Bonchev–Trinajstić information content (AvgIpc) is 2.62. The SMILES string of the molecule is Cl.NC(=O)[C@@H](N)CC1(F)C(=C=O)Nc2ccccc21. The topological polar surface area (TPSA) is 98.2 Å². The van der Waals surface area contributed by atoms with Crippen molar-refractivity contribution >= 4 is 29.9 Å². The molecule has 1 aromatic carbocycles. The van der Waals surface area contributed by atoms with Crippen LogP contribution in [-0.4, -0.2) is 17.9 Å². The van der Waals surface area contributed by atoms with Gasteiger partial charge in [-0.05, 0) is 6.07 Å². The summed E-state index contributed by atoms with van der Waals surface area (Å²) in [5.74, 6) is 0.701.